The van der Waals surface area contributed by atoms with Gasteiger partial charge in [-0.1, -0.05) is 54.6 Å². The Balaban J connectivity index is 1.36. The van der Waals surface area contributed by atoms with Crippen LogP contribution in [0.1, 0.15) is 11.1 Å². The molecule has 0 amide bonds. The fourth-order valence-electron chi connectivity index (χ4n) is 3.69. The van der Waals surface area contributed by atoms with Crippen LogP contribution in [0.2, 0.25) is 0 Å². The first kappa shape index (κ1) is 23.2. The summed E-state index contributed by atoms with van der Waals surface area (Å²) in [7, 11) is 0. The molecule has 166 valence electrons. The average Bonchev–Trinajstić information content (AvgIpc) is 3.25. The smallest absolute Gasteiger partial charge is 0.171 e. The van der Waals surface area contributed by atoms with Gasteiger partial charge in [0.2, 0.25) is 0 Å². The number of hydrogen-bond donors (Lipinski definition) is 1. The van der Waals surface area contributed by atoms with E-state index >= 15 is 0 Å². The molecule has 7 heteroatoms. The minimum absolute atomic E-state index is 0.494. The summed E-state index contributed by atoms with van der Waals surface area (Å²) >= 11 is 5.92. The number of hydrogen-bond acceptors (Lipinski definition) is 4. The minimum Gasteiger partial charge on any atom is -0.487 e. The average molecular weight is 685 g/mol. The lowest BCUT2D eigenvalue weighted by molar-refractivity contribution is 0.303. The number of nitrogens with zero attached hydrogens (tertiary/aromatic N) is 2. The number of aromatic nitrogens is 2. The molecule has 4 aromatic carbocycles. The molecule has 0 aliphatic carbocycles. The molecular weight excluding hydrogens is 668 g/mol. The van der Waals surface area contributed by atoms with E-state index in [9.17, 15) is 5.26 Å². The molecule has 0 saturated carbocycles. The molecule has 0 aliphatic rings. The Kier molecular flexibility index (Phi) is 7.08. The second-order valence-corrected chi connectivity index (χ2v) is 10.9. The first-order chi connectivity index (χ1) is 16.6. The molecule has 5 rings (SSSR count). The van der Waals surface area contributed by atoms with Gasteiger partial charge in [0.1, 0.15) is 18.4 Å². The van der Waals surface area contributed by atoms with Crippen LogP contribution in [0.4, 0.5) is 0 Å². The van der Waals surface area contributed by atoms with Crippen LogP contribution in [0.5, 0.6) is 5.75 Å². The van der Waals surface area contributed by atoms with E-state index in [2.05, 4.69) is 97.6 Å². The molecule has 4 nitrogen and oxygen atoms in total. The monoisotopic (exact) mass is 685 g/mol. The van der Waals surface area contributed by atoms with Crippen molar-refractivity contribution in [2.24, 2.45) is 0 Å². The van der Waals surface area contributed by atoms with Gasteiger partial charge in [0.25, 0.3) is 0 Å². The zero-order valence-electron chi connectivity index (χ0n) is 17.8. The molecule has 1 heterocycles. The van der Waals surface area contributed by atoms with Gasteiger partial charge >= 0.3 is 0 Å². The molecule has 0 spiro atoms. The SMILES string of the molecule is N#C/C(=C\c1cc(I)c(OCc2cccc3ccccc23)c(I)c1)Sc1nc2ccccc2[nH]1. The third kappa shape index (κ3) is 5.09. The summed E-state index contributed by atoms with van der Waals surface area (Å²) in [4.78, 5) is 8.38. The number of benzene rings is 4. The van der Waals surface area contributed by atoms with E-state index in [1.165, 1.54) is 22.5 Å². The van der Waals surface area contributed by atoms with Gasteiger partial charge in [-0.2, -0.15) is 5.26 Å². The van der Waals surface area contributed by atoms with Crippen LogP contribution in [0.25, 0.3) is 27.9 Å². The summed E-state index contributed by atoms with van der Waals surface area (Å²) in [5, 5.41) is 12.8. The fourth-order valence-corrected chi connectivity index (χ4v) is 6.57. The summed E-state index contributed by atoms with van der Waals surface area (Å²) in [6.45, 7) is 0.494. The van der Waals surface area contributed by atoms with Crippen molar-refractivity contribution in [3.8, 4) is 11.8 Å². The van der Waals surface area contributed by atoms with E-state index < -0.39 is 0 Å². The molecule has 0 unspecified atom stereocenters. The zero-order chi connectivity index (χ0) is 23.5. The normalized spacial score (nSPS) is 11.6. The maximum absolute atomic E-state index is 9.70. The van der Waals surface area contributed by atoms with Gasteiger partial charge in [-0.3, -0.25) is 0 Å². The lowest BCUT2D eigenvalue weighted by Crippen LogP contribution is -2.00. The number of rotatable bonds is 6. The van der Waals surface area contributed by atoms with E-state index in [0.717, 1.165) is 35.1 Å². The summed E-state index contributed by atoms with van der Waals surface area (Å²) in [6.07, 6.45) is 1.89. The number of nitrogens with one attached hydrogen (secondary N) is 1. The third-order valence-electron chi connectivity index (χ3n) is 5.25. The standard InChI is InChI=1S/C27H17I2N3OS/c28-22-13-17(12-20(15-30)34-27-31-24-10-3-4-11-25(24)32-27)14-23(29)26(22)33-16-19-8-5-7-18-6-1-2-9-21(18)19/h1-14H,16H2,(H,31,32)/b20-12+. The molecule has 1 N–H and O–H groups in total. The summed E-state index contributed by atoms with van der Waals surface area (Å²) in [5.41, 5.74) is 3.95. The highest BCUT2D eigenvalue weighted by molar-refractivity contribution is 14.1. The van der Waals surface area contributed by atoms with Crippen molar-refractivity contribution in [3.63, 3.8) is 0 Å². The van der Waals surface area contributed by atoms with Gasteiger partial charge in [-0.25, -0.2) is 4.98 Å². The Morgan fingerprint density at radius 3 is 2.53 bits per heavy atom. The van der Waals surface area contributed by atoms with Crippen molar-refractivity contribution in [3.05, 3.63) is 102 Å². The molecule has 1 aromatic heterocycles. The van der Waals surface area contributed by atoms with E-state index in [1.54, 1.807) is 0 Å². The predicted octanol–water partition coefficient (Wildman–Crippen LogP) is 8.16. The Morgan fingerprint density at radius 1 is 1.00 bits per heavy atom. The Labute approximate surface area is 228 Å². The third-order valence-corrected chi connectivity index (χ3v) is 7.67. The van der Waals surface area contributed by atoms with Crippen LogP contribution in [0, 0.1) is 18.5 Å². The molecular formula is C27H17I2N3OS. The van der Waals surface area contributed by atoms with E-state index in [0.29, 0.717) is 16.7 Å². The van der Waals surface area contributed by atoms with Gasteiger partial charge in [-0.05, 0) is 109 Å². The second kappa shape index (κ2) is 10.4. The highest BCUT2D eigenvalue weighted by atomic mass is 127. The first-order valence-electron chi connectivity index (χ1n) is 10.4. The van der Waals surface area contributed by atoms with E-state index in [-0.39, 0.29) is 0 Å². The lowest BCUT2D eigenvalue weighted by Gasteiger charge is -2.13. The minimum atomic E-state index is 0.494. The van der Waals surface area contributed by atoms with Gasteiger partial charge in [-0.15, -0.1) is 0 Å². The second-order valence-electron chi connectivity index (χ2n) is 7.52. The number of H-pyrrole nitrogens is 1. The topological polar surface area (TPSA) is 61.7 Å². The lowest BCUT2D eigenvalue weighted by atomic mass is 10.1. The number of ether oxygens (including phenoxy) is 1. The molecule has 0 fully saturated rings. The zero-order valence-corrected chi connectivity index (χ0v) is 22.9. The highest BCUT2D eigenvalue weighted by Gasteiger charge is 2.12. The van der Waals surface area contributed by atoms with Gasteiger partial charge in [0.15, 0.2) is 5.16 Å². The van der Waals surface area contributed by atoms with Crippen molar-refractivity contribution in [2.75, 3.05) is 0 Å². The largest absolute Gasteiger partial charge is 0.487 e. The summed E-state index contributed by atoms with van der Waals surface area (Å²) in [5.74, 6) is 0.856. The number of imidazole rings is 1. The van der Waals surface area contributed by atoms with E-state index in [1.807, 2.05) is 48.5 Å². The molecule has 0 aliphatic heterocycles. The summed E-state index contributed by atoms with van der Waals surface area (Å²) < 4.78 is 8.26. The van der Waals surface area contributed by atoms with Crippen molar-refractivity contribution in [1.82, 2.24) is 9.97 Å². The predicted molar refractivity (Wildman–Crippen MR) is 156 cm³/mol. The molecule has 5 aromatic rings. The van der Waals surface area contributed by atoms with Crippen LogP contribution < -0.4 is 4.74 Å². The number of aromatic amines is 1. The number of nitriles is 1. The summed E-state index contributed by atoms with van der Waals surface area (Å²) in [6, 6.07) is 28.8. The number of fused-ring (bicyclic) bond motifs is 2. The fraction of sp³-hybridized carbons (Fsp3) is 0.0370. The molecule has 0 bridgehead atoms. The molecule has 34 heavy (non-hydrogen) atoms. The van der Waals surface area contributed by atoms with Crippen LogP contribution in [0.3, 0.4) is 0 Å². The number of allylic oxidation sites excluding steroid dienone is 1. The van der Waals surface area contributed by atoms with E-state index in [4.69, 9.17) is 4.74 Å². The number of para-hydroxylation sites is 2. The van der Waals surface area contributed by atoms with Crippen molar-refractivity contribution in [2.45, 2.75) is 11.8 Å². The number of thioether (sulfide) groups is 1. The van der Waals surface area contributed by atoms with Crippen LogP contribution in [0.15, 0.2) is 88.9 Å². The maximum Gasteiger partial charge on any atom is 0.171 e. The Morgan fingerprint density at radius 2 is 1.74 bits per heavy atom. The van der Waals surface area contributed by atoms with Crippen molar-refractivity contribution < 1.29 is 4.74 Å². The Bertz CT molecular complexity index is 1520. The quantitative estimate of drug-likeness (QED) is 0.111. The Hall–Kier alpha value is -2.55. The highest BCUT2D eigenvalue weighted by Crippen LogP contribution is 2.33. The van der Waals surface area contributed by atoms with Crippen LogP contribution >= 0.6 is 56.9 Å². The molecule has 0 radical (unpaired) electrons. The number of halogens is 2. The molecule has 0 atom stereocenters. The van der Waals surface area contributed by atoms with Gasteiger partial charge < -0.3 is 9.72 Å². The van der Waals surface area contributed by atoms with Crippen molar-refractivity contribution in [1.29, 1.82) is 5.26 Å². The van der Waals surface area contributed by atoms with Crippen molar-refractivity contribution >= 4 is 84.8 Å². The van der Waals surface area contributed by atoms with Crippen LogP contribution in [-0.2, 0) is 6.61 Å². The maximum atomic E-state index is 9.70. The first-order valence-corrected chi connectivity index (χ1v) is 13.4. The van der Waals surface area contributed by atoms with Crippen LogP contribution in [-0.4, -0.2) is 9.97 Å². The molecule has 0 saturated heterocycles. The van der Waals surface area contributed by atoms with Gasteiger partial charge in [0.05, 0.1) is 23.1 Å². The van der Waals surface area contributed by atoms with Gasteiger partial charge in [0, 0.05) is 0 Å².